The molecule has 0 spiro atoms. The lowest BCUT2D eigenvalue weighted by molar-refractivity contribution is 0.508. The summed E-state index contributed by atoms with van der Waals surface area (Å²) in [5.74, 6) is 0.508. The molecule has 20 heavy (non-hydrogen) atoms. The van der Waals surface area contributed by atoms with E-state index in [2.05, 4.69) is 67.4 Å². The Bertz CT molecular complexity index is 617. The Morgan fingerprint density at radius 1 is 1.35 bits per heavy atom. The monoisotopic (exact) mass is 272 g/mol. The van der Waals surface area contributed by atoms with Crippen LogP contribution in [-0.2, 0) is 6.42 Å². The molecule has 0 amide bonds. The lowest BCUT2D eigenvalue weighted by Gasteiger charge is -2.20. The molecule has 4 nitrogen and oxygen atoms in total. The van der Waals surface area contributed by atoms with Gasteiger partial charge in [-0.2, -0.15) is 0 Å². The van der Waals surface area contributed by atoms with Crippen LogP contribution in [0.5, 0.6) is 0 Å². The fourth-order valence-corrected chi connectivity index (χ4v) is 2.37. The second kappa shape index (κ2) is 5.57. The van der Waals surface area contributed by atoms with Gasteiger partial charge >= 0.3 is 0 Å². The van der Waals surface area contributed by atoms with Gasteiger partial charge in [-0.25, -0.2) is 0 Å². The number of aliphatic imine (C=N–C) groups is 1. The van der Waals surface area contributed by atoms with E-state index in [4.69, 9.17) is 5.73 Å². The van der Waals surface area contributed by atoms with Crippen LogP contribution in [0, 0.1) is 6.92 Å². The molecule has 1 aromatic carbocycles. The number of aryl methyl sites for hydroxylation is 1. The van der Waals surface area contributed by atoms with Gasteiger partial charge in [-0.1, -0.05) is 12.1 Å². The first-order valence-electron chi connectivity index (χ1n) is 7.00. The fourth-order valence-electron chi connectivity index (χ4n) is 2.37. The van der Waals surface area contributed by atoms with Crippen LogP contribution in [0.1, 0.15) is 31.9 Å². The number of nitrogens with two attached hydrogens (primary N) is 1. The van der Waals surface area contributed by atoms with Gasteiger partial charge in [-0.15, -0.1) is 0 Å². The third-order valence-electron chi connectivity index (χ3n) is 3.16. The molecule has 1 aromatic heterocycles. The molecule has 0 aliphatic heterocycles. The number of nitrogens with one attached hydrogen (secondary N) is 2. The number of H-pyrrole nitrogens is 1. The number of benzene rings is 1. The second-order valence-corrected chi connectivity index (χ2v) is 6.20. The van der Waals surface area contributed by atoms with E-state index in [9.17, 15) is 0 Å². The molecule has 0 fully saturated rings. The molecule has 0 bridgehead atoms. The van der Waals surface area contributed by atoms with Crippen molar-refractivity contribution in [2.45, 2.75) is 39.7 Å². The van der Waals surface area contributed by atoms with Crippen molar-refractivity contribution in [3.8, 4) is 0 Å². The predicted molar refractivity (Wildman–Crippen MR) is 86.1 cm³/mol. The van der Waals surface area contributed by atoms with Crippen LogP contribution in [0.15, 0.2) is 29.4 Å². The van der Waals surface area contributed by atoms with Gasteiger partial charge in [0.2, 0.25) is 0 Å². The molecule has 1 heterocycles. The minimum absolute atomic E-state index is 0.0506. The van der Waals surface area contributed by atoms with E-state index in [-0.39, 0.29) is 5.54 Å². The summed E-state index contributed by atoms with van der Waals surface area (Å²) in [6, 6.07) is 6.31. The van der Waals surface area contributed by atoms with Crippen molar-refractivity contribution in [1.29, 1.82) is 0 Å². The van der Waals surface area contributed by atoms with Crippen molar-refractivity contribution in [1.82, 2.24) is 10.3 Å². The van der Waals surface area contributed by atoms with Gasteiger partial charge in [-0.05, 0) is 51.3 Å². The van der Waals surface area contributed by atoms with Crippen LogP contribution in [0.2, 0.25) is 0 Å². The highest BCUT2D eigenvalue weighted by Crippen LogP contribution is 2.22. The smallest absolute Gasteiger partial charge is 0.188 e. The first kappa shape index (κ1) is 14.4. The van der Waals surface area contributed by atoms with E-state index < -0.39 is 0 Å². The molecular weight excluding hydrogens is 248 g/mol. The van der Waals surface area contributed by atoms with Crippen molar-refractivity contribution in [3.05, 3.63) is 35.5 Å². The third kappa shape index (κ3) is 3.53. The van der Waals surface area contributed by atoms with E-state index >= 15 is 0 Å². The zero-order valence-electron chi connectivity index (χ0n) is 12.7. The van der Waals surface area contributed by atoms with Crippen molar-refractivity contribution in [2.75, 3.05) is 6.54 Å². The Morgan fingerprint density at radius 2 is 2.10 bits per heavy atom. The fraction of sp³-hybridized carbons (Fsp3) is 0.438. The molecule has 0 aliphatic rings. The summed E-state index contributed by atoms with van der Waals surface area (Å²) < 4.78 is 0. The van der Waals surface area contributed by atoms with E-state index in [0.29, 0.717) is 12.5 Å². The highest BCUT2D eigenvalue weighted by atomic mass is 15.1. The lowest BCUT2D eigenvalue weighted by Crippen LogP contribution is -2.45. The molecular formula is C16H24N4. The molecule has 2 aromatic rings. The van der Waals surface area contributed by atoms with Crippen LogP contribution >= 0.6 is 0 Å². The molecule has 108 valence electrons. The van der Waals surface area contributed by atoms with Gasteiger partial charge in [0, 0.05) is 29.2 Å². The average Bonchev–Trinajstić information content (AvgIpc) is 2.71. The normalized spacial score (nSPS) is 12.9. The van der Waals surface area contributed by atoms with Crippen molar-refractivity contribution >= 4 is 16.9 Å². The molecule has 0 saturated heterocycles. The third-order valence-corrected chi connectivity index (χ3v) is 3.16. The summed E-state index contributed by atoms with van der Waals surface area (Å²) >= 11 is 0. The van der Waals surface area contributed by atoms with Crippen LogP contribution in [0.3, 0.4) is 0 Å². The minimum atomic E-state index is -0.0506. The molecule has 0 radical (unpaired) electrons. The maximum absolute atomic E-state index is 5.87. The Kier molecular flexibility index (Phi) is 4.02. The van der Waals surface area contributed by atoms with Gasteiger partial charge in [-0.3, -0.25) is 4.99 Å². The number of aromatic nitrogens is 1. The van der Waals surface area contributed by atoms with Crippen LogP contribution in [-0.4, -0.2) is 23.0 Å². The van der Waals surface area contributed by atoms with E-state index in [1.54, 1.807) is 0 Å². The zero-order chi connectivity index (χ0) is 14.8. The molecule has 4 heteroatoms. The van der Waals surface area contributed by atoms with Crippen LogP contribution in [0.4, 0.5) is 0 Å². The Labute approximate surface area is 120 Å². The van der Waals surface area contributed by atoms with Gasteiger partial charge in [0.15, 0.2) is 5.96 Å². The number of nitrogens with zero attached hydrogens (tertiary/aromatic N) is 1. The van der Waals surface area contributed by atoms with Crippen molar-refractivity contribution in [2.24, 2.45) is 10.7 Å². The predicted octanol–water partition coefficient (Wildman–Crippen LogP) is 2.72. The highest BCUT2D eigenvalue weighted by Gasteiger charge is 2.10. The first-order valence-corrected chi connectivity index (χ1v) is 7.00. The van der Waals surface area contributed by atoms with Crippen LogP contribution in [0.25, 0.3) is 10.9 Å². The second-order valence-electron chi connectivity index (χ2n) is 6.20. The number of aromatic amines is 1. The van der Waals surface area contributed by atoms with E-state index in [1.807, 2.05) is 0 Å². The van der Waals surface area contributed by atoms with Gasteiger partial charge in [0.1, 0.15) is 0 Å². The minimum Gasteiger partial charge on any atom is -0.370 e. The van der Waals surface area contributed by atoms with Gasteiger partial charge < -0.3 is 16.0 Å². The zero-order valence-corrected chi connectivity index (χ0v) is 12.7. The van der Waals surface area contributed by atoms with Gasteiger partial charge in [0.05, 0.1) is 0 Å². The quantitative estimate of drug-likeness (QED) is 0.594. The van der Waals surface area contributed by atoms with Crippen molar-refractivity contribution < 1.29 is 0 Å². The topological polar surface area (TPSA) is 66.2 Å². The molecule has 0 atom stereocenters. The van der Waals surface area contributed by atoms with Gasteiger partial charge in [0.25, 0.3) is 0 Å². The number of hydrogen-bond donors (Lipinski definition) is 3. The summed E-state index contributed by atoms with van der Waals surface area (Å²) in [6.07, 6.45) is 2.96. The largest absolute Gasteiger partial charge is 0.370 e. The van der Waals surface area contributed by atoms with Crippen molar-refractivity contribution in [3.63, 3.8) is 0 Å². The Hall–Kier alpha value is -1.97. The average molecular weight is 272 g/mol. The summed E-state index contributed by atoms with van der Waals surface area (Å²) in [6.45, 7) is 9.03. The summed E-state index contributed by atoms with van der Waals surface area (Å²) in [4.78, 5) is 7.70. The Balaban J connectivity index is 2.05. The summed E-state index contributed by atoms with van der Waals surface area (Å²) in [7, 11) is 0. The molecule has 0 aliphatic carbocycles. The molecule has 4 N–H and O–H groups in total. The molecule has 0 saturated carbocycles. The Morgan fingerprint density at radius 3 is 2.80 bits per heavy atom. The molecule has 0 unspecified atom stereocenters. The summed E-state index contributed by atoms with van der Waals surface area (Å²) in [5, 5.41) is 4.48. The highest BCUT2D eigenvalue weighted by molar-refractivity contribution is 5.86. The molecule has 2 rings (SSSR count). The summed E-state index contributed by atoms with van der Waals surface area (Å²) in [5.41, 5.74) is 9.60. The van der Waals surface area contributed by atoms with Crippen LogP contribution < -0.4 is 11.1 Å². The lowest BCUT2D eigenvalue weighted by atomic mass is 10.1. The number of hydrogen-bond acceptors (Lipinski definition) is 1. The standard InChI is InChI=1S/C16H24N4/c1-11-6-5-7-13-14(11)12(10-19-13)8-9-18-15(17)20-16(2,3)4/h5-7,10,19H,8-9H2,1-4H3,(H3,17,18,20). The number of fused-ring (bicyclic) bond motifs is 1. The number of rotatable bonds is 3. The first-order chi connectivity index (χ1) is 9.37. The maximum Gasteiger partial charge on any atom is 0.188 e. The van der Waals surface area contributed by atoms with E-state index in [1.165, 1.54) is 22.0 Å². The number of guanidine groups is 1. The maximum atomic E-state index is 5.87. The van der Waals surface area contributed by atoms with E-state index in [0.717, 1.165) is 6.42 Å². The SMILES string of the molecule is Cc1cccc2[nH]cc(CCN=C(N)NC(C)(C)C)c12.